The van der Waals surface area contributed by atoms with E-state index in [1.807, 2.05) is 6.07 Å². The zero-order valence-electron chi connectivity index (χ0n) is 11.5. The quantitative estimate of drug-likeness (QED) is 0.900. The Labute approximate surface area is 133 Å². The van der Waals surface area contributed by atoms with Gasteiger partial charge in [0, 0.05) is 13.0 Å². The molecule has 1 atom stereocenters. The van der Waals surface area contributed by atoms with Crippen LogP contribution in [0.15, 0.2) is 18.2 Å². The molecule has 0 spiro atoms. The summed E-state index contributed by atoms with van der Waals surface area (Å²) in [5, 5.41) is 10.1. The van der Waals surface area contributed by atoms with E-state index in [4.69, 9.17) is 28.3 Å². The van der Waals surface area contributed by atoms with Crippen LogP contribution in [0.4, 0.5) is 0 Å². The van der Waals surface area contributed by atoms with E-state index in [-0.39, 0.29) is 5.91 Å². The fourth-order valence-electron chi connectivity index (χ4n) is 2.60. The van der Waals surface area contributed by atoms with E-state index in [2.05, 4.69) is 0 Å². The molecule has 0 aromatic heterocycles. The highest BCUT2D eigenvalue weighted by molar-refractivity contribution is 6.42. The van der Waals surface area contributed by atoms with Crippen molar-refractivity contribution in [2.75, 3.05) is 6.54 Å². The summed E-state index contributed by atoms with van der Waals surface area (Å²) in [6.07, 6.45) is 3.04. The van der Waals surface area contributed by atoms with Crippen LogP contribution in [0.2, 0.25) is 10.0 Å². The number of amides is 1. The maximum absolute atomic E-state index is 12.1. The molecule has 1 aromatic rings. The lowest BCUT2D eigenvalue weighted by atomic mass is 10.1. The summed E-state index contributed by atoms with van der Waals surface area (Å²) >= 11 is 11.8. The number of carbonyl (C=O) groups excluding carboxylic acids is 1. The maximum Gasteiger partial charge on any atom is 0.326 e. The second kappa shape index (κ2) is 7.14. The number of hydrogen-bond acceptors (Lipinski definition) is 2. The second-order valence-corrected chi connectivity index (χ2v) is 6.00. The Bertz CT molecular complexity index is 548. The monoisotopic (exact) mass is 329 g/mol. The highest BCUT2D eigenvalue weighted by Crippen LogP contribution is 2.24. The standard InChI is InChI=1S/C15H17Cl2NO3/c16-11-7-6-10(9-12(11)17)3-1-5-14(19)18-8-2-4-13(18)15(20)21/h6-7,9,13H,1-5,8H2,(H,20,21)/t13-/m1/s1. The molecule has 0 unspecified atom stereocenters. The summed E-state index contributed by atoms with van der Waals surface area (Å²) in [5.74, 6) is -0.995. The molecule has 6 heteroatoms. The molecule has 1 aliphatic rings. The number of aryl methyl sites for hydroxylation is 1. The fourth-order valence-corrected chi connectivity index (χ4v) is 2.93. The van der Waals surface area contributed by atoms with Crippen molar-refractivity contribution in [1.29, 1.82) is 0 Å². The molecule has 114 valence electrons. The fraction of sp³-hybridized carbons (Fsp3) is 0.467. The normalized spacial score (nSPS) is 18.0. The molecule has 0 bridgehead atoms. The van der Waals surface area contributed by atoms with E-state index in [1.54, 1.807) is 12.1 Å². The van der Waals surface area contributed by atoms with E-state index in [0.29, 0.717) is 42.3 Å². The topological polar surface area (TPSA) is 57.6 Å². The molecule has 1 heterocycles. The van der Waals surface area contributed by atoms with Gasteiger partial charge in [-0.05, 0) is 43.4 Å². The van der Waals surface area contributed by atoms with Gasteiger partial charge in [0.05, 0.1) is 10.0 Å². The third kappa shape index (κ3) is 4.11. The Kier molecular flexibility index (Phi) is 5.48. The van der Waals surface area contributed by atoms with Gasteiger partial charge in [0.2, 0.25) is 5.91 Å². The Morgan fingerprint density at radius 3 is 2.71 bits per heavy atom. The summed E-state index contributed by atoms with van der Waals surface area (Å²) in [6.45, 7) is 0.544. The number of benzene rings is 1. The molecular formula is C15H17Cl2NO3. The number of halogens is 2. The minimum atomic E-state index is -0.912. The largest absolute Gasteiger partial charge is 0.480 e. The van der Waals surface area contributed by atoms with Crippen LogP contribution in [0, 0.1) is 0 Å². The molecule has 1 aromatic carbocycles. The van der Waals surface area contributed by atoms with Crippen LogP contribution < -0.4 is 0 Å². The Balaban J connectivity index is 1.84. The summed E-state index contributed by atoms with van der Waals surface area (Å²) in [6, 6.07) is 4.77. The van der Waals surface area contributed by atoms with Crippen LogP contribution in [0.25, 0.3) is 0 Å². The van der Waals surface area contributed by atoms with E-state index in [0.717, 1.165) is 12.0 Å². The summed E-state index contributed by atoms with van der Waals surface area (Å²) in [4.78, 5) is 24.6. The lowest BCUT2D eigenvalue weighted by Gasteiger charge is -2.21. The number of likely N-dealkylation sites (tertiary alicyclic amines) is 1. The lowest BCUT2D eigenvalue weighted by molar-refractivity contribution is -0.148. The molecule has 2 rings (SSSR count). The number of rotatable bonds is 5. The van der Waals surface area contributed by atoms with Crippen molar-refractivity contribution in [2.24, 2.45) is 0 Å². The number of hydrogen-bond donors (Lipinski definition) is 1. The van der Waals surface area contributed by atoms with Gasteiger partial charge in [-0.15, -0.1) is 0 Å². The van der Waals surface area contributed by atoms with Gasteiger partial charge in [-0.25, -0.2) is 4.79 Å². The summed E-state index contributed by atoms with van der Waals surface area (Å²) < 4.78 is 0. The Hall–Kier alpha value is -1.26. The van der Waals surface area contributed by atoms with Crippen LogP contribution in [0.1, 0.15) is 31.2 Å². The van der Waals surface area contributed by atoms with E-state index in [1.165, 1.54) is 4.90 Å². The van der Waals surface area contributed by atoms with Gasteiger partial charge in [-0.2, -0.15) is 0 Å². The van der Waals surface area contributed by atoms with Gasteiger partial charge in [0.1, 0.15) is 6.04 Å². The number of aliphatic carboxylic acids is 1. The average molecular weight is 330 g/mol. The molecule has 1 amide bonds. The highest BCUT2D eigenvalue weighted by atomic mass is 35.5. The van der Waals surface area contributed by atoms with Gasteiger partial charge < -0.3 is 10.0 Å². The van der Waals surface area contributed by atoms with Crippen molar-refractivity contribution in [3.8, 4) is 0 Å². The molecule has 1 aliphatic heterocycles. The Morgan fingerprint density at radius 2 is 2.05 bits per heavy atom. The van der Waals surface area contributed by atoms with E-state index in [9.17, 15) is 9.59 Å². The van der Waals surface area contributed by atoms with Gasteiger partial charge in [-0.1, -0.05) is 29.3 Å². The third-order valence-electron chi connectivity index (χ3n) is 3.70. The van der Waals surface area contributed by atoms with E-state index < -0.39 is 12.0 Å². The molecule has 21 heavy (non-hydrogen) atoms. The predicted molar refractivity (Wildman–Crippen MR) is 81.8 cm³/mol. The summed E-state index contributed by atoms with van der Waals surface area (Å²) in [5.41, 5.74) is 1.02. The molecule has 0 radical (unpaired) electrons. The van der Waals surface area contributed by atoms with Crippen LogP contribution >= 0.6 is 23.2 Å². The van der Waals surface area contributed by atoms with Crippen molar-refractivity contribution in [3.63, 3.8) is 0 Å². The van der Waals surface area contributed by atoms with Crippen molar-refractivity contribution in [3.05, 3.63) is 33.8 Å². The molecular weight excluding hydrogens is 313 g/mol. The Morgan fingerprint density at radius 1 is 1.29 bits per heavy atom. The predicted octanol–water partition coefficient (Wildman–Crippen LogP) is 3.39. The van der Waals surface area contributed by atoms with Crippen LogP contribution in [0.3, 0.4) is 0 Å². The van der Waals surface area contributed by atoms with E-state index >= 15 is 0 Å². The first-order valence-electron chi connectivity index (χ1n) is 6.95. The first-order chi connectivity index (χ1) is 9.99. The highest BCUT2D eigenvalue weighted by Gasteiger charge is 2.33. The zero-order chi connectivity index (χ0) is 15.4. The molecule has 1 N–H and O–H groups in total. The van der Waals surface area contributed by atoms with Gasteiger partial charge in [-0.3, -0.25) is 4.79 Å². The molecule has 4 nitrogen and oxygen atoms in total. The minimum Gasteiger partial charge on any atom is -0.480 e. The molecule has 0 saturated carbocycles. The van der Waals surface area contributed by atoms with Gasteiger partial charge >= 0.3 is 5.97 Å². The lowest BCUT2D eigenvalue weighted by Crippen LogP contribution is -2.40. The second-order valence-electron chi connectivity index (χ2n) is 5.19. The van der Waals surface area contributed by atoms with Crippen LogP contribution in [-0.2, 0) is 16.0 Å². The number of nitrogens with zero attached hydrogens (tertiary/aromatic N) is 1. The smallest absolute Gasteiger partial charge is 0.326 e. The van der Waals surface area contributed by atoms with Crippen molar-refractivity contribution in [1.82, 2.24) is 4.90 Å². The van der Waals surface area contributed by atoms with Crippen LogP contribution in [-0.4, -0.2) is 34.5 Å². The minimum absolute atomic E-state index is 0.0834. The van der Waals surface area contributed by atoms with Crippen molar-refractivity contribution in [2.45, 2.75) is 38.1 Å². The molecule has 0 aliphatic carbocycles. The maximum atomic E-state index is 12.1. The first kappa shape index (κ1) is 16.1. The van der Waals surface area contributed by atoms with Crippen LogP contribution in [0.5, 0.6) is 0 Å². The zero-order valence-corrected chi connectivity index (χ0v) is 13.0. The number of carbonyl (C=O) groups is 2. The van der Waals surface area contributed by atoms with Crippen molar-refractivity contribution >= 4 is 35.1 Å². The summed E-state index contributed by atoms with van der Waals surface area (Å²) in [7, 11) is 0. The first-order valence-corrected chi connectivity index (χ1v) is 7.71. The van der Waals surface area contributed by atoms with Crippen molar-refractivity contribution < 1.29 is 14.7 Å². The number of carboxylic acid groups (broad SMARTS) is 1. The van der Waals surface area contributed by atoms with Gasteiger partial charge in [0.25, 0.3) is 0 Å². The molecule has 1 fully saturated rings. The van der Waals surface area contributed by atoms with Gasteiger partial charge in [0.15, 0.2) is 0 Å². The third-order valence-corrected chi connectivity index (χ3v) is 4.44. The molecule has 1 saturated heterocycles. The average Bonchev–Trinajstić information content (AvgIpc) is 2.92. The number of carboxylic acids is 1. The SMILES string of the molecule is O=C(O)[C@H]1CCCN1C(=O)CCCc1ccc(Cl)c(Cl)c1.